The zero-order valence-electron chi connectivity index (χ0n) is 14.7. The van der Waals surface area contributed by atoms with E-state index in [1.807, 2.05) is 20.8 Å². The third-order valence-corrected chi connectivity index (χ3v) is 4.44. The zero-order valence-corrected chi connectivity index (χ0v) is 15.5. The average Bonchev–Trinajstić information content (AvgIpc) is 3.03. The molecule has 3 rings (SSSR count). The Morgan fingerprint density at radius 3 is 2.60 bits per heavy atom. The Kier molecular flexibility index (Phi) is 4.89. The van der Waals surface area contributed by atoms with Gasteiger partial charge in [0.25, 0.3) is 5.22 Å². The quantitative estimate of drug-likeness (QED) is 0.834. The molecule has 8 heteroatoms. The maximum Gasteiger partial charge on any atom is 0.277 e. The van der Waals surface area contributed by atoms with Gasteiger partial charge >= 0.3 is 0 Å². The highest BCUT2D eigenvalue weighted by molar-refractivity contribution is 8.00. The Hall–Kier alpha value is -2.22. The van der Waals surface area contributed by atoms with Gasteiger partial charge in [-0.05, 0) is 19.1 Å². The van der Waals surface area contributed by atoms with E-state index in [9.17, 15) is 4.79 Å². The van der Waals surface area contributed by atoms with Gasteiger partial charge in [0.2, 0.25) is 11.8 Å². The molecule has 0 saturated carbocycles. The molecule has 1 aliphatic rings. The van der Waals surface area contributed by atoms with E-state index in [2.05, 4.69) is 15.5 Å². The number of carbonyl (C=O) groups is 1. The smallest absolute Gasteiger partial charge is 0.277 e. The largest absolute Gasteiger partial charge is 0.486 e. The van der Waals surface area contributed by atoms with Gasteiger partial charge in [-0.25, -0.2) is 0 Å². The van der Waals surface area contributed by atoms with Crippen LogP contribution in [0.4, 0.5) is 5.69 Å². The van der Waals surface area contributed by atoms with E-state index in [0.29, 0.717) is 41.5 Å². The molecular weight excluding hydrogens is 342 g/mol. The lowest BCUT2D eigenvalue weighted by atomic mass is 9.97. The Balaban J connectivity index is 1.62. The van der Waals surface area contributed by atoms with E-state index in [0.717, 1.165) is 0 Å². The van der Waals surface area contributed by atoms with Gasteiger partial charge in [0.05, 0.1) is 5.25 Å². The third kappa shape index (κ3) is 4.25. The lowest BCUT2D eigenvalue weighted by Gasteiger charge is -2.19. The number of rotatable bonds is 4. The number of carbonyl (C=O) groups excluding carboxylic acids is 1. The summed E-state index contributed by atoms with van der Waals surface area (Å²) in [6, 6.07) is 5.33. The number of hydrogen-bond donors (Lipinski definition) is 1. The Labute approximate surface area is 150 Å². The molecule has 2 aromatic rings. The molecular formula is C17H21N3O4S. The number of benzene rings is 1. The lowest BCUT2D eigenvalue weighted by Crippen LogP contribution is -2.22. The van der Waals surface area contributed by atoms with E-state index in [-0.39, 0.29) is 16.6 Å². The number of fused-ring (bicyclic) bond motifs is 1. The van der Waals surface area contributed by atoms with E-state index in [4.69, 9.17) is 13.9 Å². The van der Waals surface area contributed by atoms with Crippen LogP contribution in [0.3, 0.4) is 0 Å². The van der Waals surface area contributed by atoms with Crippen LogP contribution in [0.5, 0.6) is 11.5 Å². The highest BCUT2D eigenvalue weighted by Gasteiger charge is 2.24. The summed E-state index contributed by atoms with van der Waals surface area (Å²) in [6.07, 6.45) is 0. The van der Waals surface area contributed by atoms with Gasteiger partial charge in [0.1, 0.15) is 13.2 Å². The van der Waals surface area contributed by atoms with Crippen molar-refractivity contribution in [3.05, 3.63) is 24.1 Å². The highest BCUT2D eigenvalue weighted by Crippen LogP contribution is 2.33. The summed E-state index contributed by atoms with van der Waals surface area (Å²) in [5, 5.41) is 10.9. The SMILES string of the molecule is CC(Sc1nnc(C(C)(C)C)o1)C(=O)Nc1ccc2c(c1)OCCO2. The first kappa shape index (κ1) is 17.6. The van der Waals surface area contributed by atoms with Crippen molar-refractivity contribution in [2.24, 2.45) is 0 Å². The van der Waals surface area contributed by atoms with Crippen LogP contribution in [0.1, 0.15) is 33.6 Å². The van der Waals surface area contributed by atoms with Crippen molar-refractivity contribution in [3.8, 4) is 11.5 Å². The Morgan fingerprint density at radius 1 is 1.20 bits per heavy atom. The van der Waals surface area contributed by atoms with Gasteiger partial charge < -0.3 is 19.2 Å². The van der Waals surface area contributed by atoms with Crippen LogP contribution < -0.4 is 14.8 Å². The maximum absolute atomic E-state index is 12.4. The summed E-state index contributed by atoms with van der Waals surface area (Å²) in [5.41, 5.74) is 0.435. The van der Waals surface area contributed by atoms with E-state index >= 15 is 0 Å². The third-order valence-electron chi connectivity index (χ3n) is 3.50. The van der Waals surface area contributed by atoms with Crippen molar-refractivity contribution >= 4 is 23.4 Å². The van der Waals surface area contributed by atoms with Gasteiger partial charge in [0, 0.05) is 17.2 Å². The molecule has 2 heterocycles. The Morgan fingerprint density at radius 2 is 1.92 bits per heavy atom. The minimum Gasteiger partial charge on any atom is -0.486 e. The molecule has 1 amide bonds. The van der Waals surface area contributed by atoms with Crippen molar-refractivity contribution in [3.63, 3.8) is 0 Å². The van der Waals surface area contributed by atoms with Crippen molar-refractivity contribution in [2.45, 2.75) is 43.6 Å². The lowest BCUT2D eigenvalue weighted by molar-refractivity contribution is -0.115. The van der Waals surface area contributed by atoms with Crippen LogP contribution in [0.15, 0.2) is 27.8 Å². The monoisotopic (exact) mass is 363 g/mol. The minimum absolute atomic E-state index is 0.155. The normalized spacial score (nSPS) is 14.9. The second-order valence-corrected chi connectivity index (χ2v) is 8.02. The molecule has 1 aromatic heterocycles. The van der Waals surface area contributed by atoms with E-state index in [1.54, 1.807) is 25.1 Å². The number of aromatic nitrogens is 2. The van der Waals surface area contributed by atoms with Gasteiger partial charge in [-0.3, -0.25) is 4.79 Å². The van der Waals surface area contributed by atoms with Crippen LogP contribution in [0, 0.1) is 0 Å². The summed E-state index contributed by atoms with van der Waals surface area (Å²) >= 11 is 1.23. The molecule has 0 aliphatic carbocycles. The van der Waals surface area contributed by atoms with Gasteiger partial charge in [-0.1, -0.05) is 32.5 Å². The number of nitrogens with zero attached hydrogens (tertiary/aromatic N) is 2. The fourth-order valence-electron chi connectivity index (χ4n) is 2.13. The summed E-state index contributed by atoms with van der Waals surface area (Å²) in [4.78, 5) is 12.4. The maximum atomic E-state index is 12.4. The number of hydrogen-bond acceptors (Lipinski definition) is 7. The summed E-state index contributed by atoms with van der Waals surface area (Å²) < 4.78 is 16.6. The number of anilines is 1. The number of thioether (sulfide) groups is 1. The molecule has 0 bridgehead atoms. The molecule has 0 spiro atoms. The van der Waals surface area contributed by atoms with Crippen LogP contribution in [-0.4, -0.2) is 34.6 Å². The molecule has 0 fully saturated rings. The van der Waals surface area contributed by atoms with Crippen molar-refractivity contribution in [1.82, 2.24) is 10.2 Å². The van der Waals surface area contributed by atoms with Crippen molar-refractivity contribution in [1.29, 1.82) is 0 Å². The van der Waals surface area contributed by atoms with Gasteiger partial charge in [-0.15, -0.1) is 10.2 Å². The first-order valence-electron chi connectivity index (χ1n) is 8.04. The molecule has 1 N–H and O–H groups in total. The average molecular weight is 363 g/mol. The van der Waals surface area contributed by atoms with Crippen LogP contribution in [0.2, 0.25) is 0 Å². The van der Waals surface area contributed by atoms with Crippen LogP contribution in [0.25, 0.3) is 0 Å². The summed E-state index contributed by atoms with van der Waals surface area (Å²) in [7, 11) is 0. The first-order chi connectivity index (χ1) is 11.8. The first-order valence-corrected chi connectivity index (χ1v) is 8.92. The molecule has 1 aliphatic heterocycles. The van der Waals surface area contributed by atoms with E-state index < -0.39 is 0 Å². The predicted molar refractivity (Wildman–Crippen MR) is 94.4 cm³/mol. The van der Waals surface area contributed by atoms with E-state index in [1.165, 1.54) is 11.8 Å². The zero-order chi connectivity index (χ0) is 18.0. The Bertz CT molecular complexity index is 769. The molecule has 0 radical (unpaired) electrons. The van der Waals surface area contributed by atoms with Gasteiger partial charge in [-0.2, -0.15) is 0 Å². The minimum atomic E-state index is -0.388. The fraction of sp³-hybridized carbons (Fsp3) is 0.471. The molecule has 25 heavy (non-hydrogen) atoms. The molecule has 7 nitrogen and oxygen atoms in total. The summed E-state index contributed by atoms with van der Waals surface area (Å²) in [6.45, 7) is 8.81. The highest BCUT2D eigenvalue weighted by atomic mass is 32.2. The fourth-order valence-corrected chi connectivity index (χ4v) is 2.81. The van der Waals surface area contributed by atoms with Crippen LogP contribution >= 0.6 is 11.8 Å². The second kappa shape index (κ2) is 6.95. The van der Waals surface area contributed by atoms with Crippen molar-refractivity contribution in [2.75, 3.05) is 18.5 Å². The topological polar surface area (TPSA) is 86.5 Å². The molecule has 1 atom stereocenters. The van der Waals surface area contributed by atoms with Crippen LogP contribution in [-0.2, 0) is 10.2 Å². The second-order valence-electron chi connectivity index (χ2n) is 6.73. The van der Waals surface area contributed by atoms with Gasteiger partial charge in [0.15, 0.2) is 11.5 Å². The summed E-state index contributed by atoms with van der Waals surface area (Å²) in [5.74, 6) is 1.72. The molecule has 0 saturated heterocycles. The number of amides is 1. The molecule has 1 unspecified atom stereocenters. The standard InChI is InChI=1S/C17H21N3O4S/c1-10(25-16-20-19-15(24-16)17(2,3)4)14(21)18-11-5-6-12-13(9-11)23-8-7-22-12/h5-6,9-10H,7-8H2,1-4H3,(H,18,21). The molecule has 134 valence electrons. The van der Waals surface area contributed by atoms with Crippen molar-refractivity contribution < 1.29 is 18.7 Å². The number of ether oxygens (including phenoxy) is 2. The predicted octanol–water partition coefficient (Wildman–Crippen LogP) is 3.26. The number of nitrogens with one attached hydrogen (secondary N) is 1. The molecule has 1 aromatic carbocycles.